The lowest BCUT2D eigenvalue weighted by Crippen LogP contribution is -2.01. The Labute approximate surface area is 100 Å². The average molecular weight is 232 g/mol. The summed E-state index contributed by atoms with van der Waals surface area (Å²) in [6.45, 7) is 0.661. The van der Waals surface area contributed by atoms with Gasteiger partial charge in [0.25, 0.3) is 0 Å². The molecule has 0 aliphatic heterocycles. The average Bonchev–Trinajstić information content (AvgIpc) is 2.84. The molecule has 0 amide bonds. The van der Waals surface area contributed by atoms with Crippen molar-refractivity contribution in [2.24, 2.45) is 0 Å². The summed E-state index contributed by atoms with van der Waals surface area (Å²) in [5.41, 5.74) is 16.0. The van der Waals surface area contributed by atoms with Crippen LogP contribution in [0.2, 0.25) is 0 Å². The monoisotopic (exact) mass is 232 g/mol. The summed E-state index contributed by atoms with van der Waals surface area (Å²) < 4.78 is 10.1. The Balaban J connectivity index is 2.40. The number of hydrogen-bond donors (Lipinski definition) is 2. The van der Waals surface area contributed by atoms with E-state index >= 15 is 0 Å². The lowest BCUT2D eigenvalue weighted by molar-refractivity contribution is 0.202. The van der Waals surface area contributed by atoms with Crippen molar-refractivity contribution in [2.45, 2.75) is 6.42 Å². The third kappa shape index (κ3) is 2.42. The van der Waals surface area contributed by atoms with E-state index in [2.05, 4.69) is 0 Å². The fourth-order valence-corrected chi connectivity index (χ4v) is 1.76. The Hall–Kier alpha value is -1.94. The van der Waals surface area contributed by atoms with E-state index in [-0.39, 0.29) is 0 Å². The molecule has 17 heavy (non-hydrogen) atoms. The van der Waals surface area contributed by atoms with Gasteiger partial charge in [0, 0.05) is 18.2 Å². The maximum Gasteiger partial charge on any atom is 0.0981 e. The zero-order valence-electron chi connectivity index (χ0n) is 9.77. The highest BCUT2D eigenvalue weighted by atomic mass is 16.5. The van der Waals surface area contributed by atoms with Crippen molar-refractivity contribution < 1.29 is 9.15 Å². The molecule has 0 fully saturated rings. The van der Waals surface area contributed by atoms with Crippen molar-refractivity contribution in [3.63, 3.8) is 0 Å². The summed E-state index contributed by atoms with van der Waals surface area (Å²) in [5.74, 6) is 0. The first kappa shape index (κ1) is 11.5. The lowest BCUT2D eigenvalue weighted by atomic mass is 10.0. The Kier molecular flexibility index (Phi) is 3.35. The molecule has 90 valence electrons. The third-order valence-electron chi connectivity index (χ3n) is 2.70. The topological polar surface area (TPSA) is 74.4 Å². The number of nitrogens with two attached hydrogens (primary N) is 2. The van der Waals surface area contributed by atoms with Crippen LogP contribution in [-0.2, 0) is 11.2 Å². The van der Waals surface area contributed by atoms with Gasteiger partial charge in [0.2, 0.25) is 0 Å². The Bertz CT molecular complexity index is 492. The molecule has 2 aromatic rings. The number of anilines is 2. The van der Waals surface area contributed by atoms with Gasteiger partial charge in [0.1, 0.15) is 0 Å². The number of rotatable bonds is 4. The van der Waals surface area contributed by atoms with Crippen LogP contribution in [0.5, 0.6) is 0 Å². The first-order chi connectivity index (χ1) is 8.22. The molecule has 0 saturated heterocycles. The van der Waals surface area contributed by atoms with Gasteiger partial charge >= 0.3 is 0 Å². The summed E-state index contributed by atoms with van der Waals surface area (Å²) in [6.07, 6.45) is 4.09. The Morgan fingerprint density at radius 2 is 2.12 bits per heavy atom. The number of benzene rings is 1. The van der Waals surface area contributed by atoms with Gasteiger partial charge in [-0.15, -0.1) is 0 Å². The van der Waals surface area contributed by atoms with Crippen molar-refractivity contribution in [3.8, 4) is 11.1 Å². The van der Waals surface area contributed by atoms with Crippen molar-refractivity contribution in [3.05, 3.63) is 36.3 Å². The van der Waals surface area contributed by atoms with Gasteiger partial charge in [-0.2, -0.15) is 0 Å². The number of furan rings is 1. The van der Waals surface area contributed by atoms with E-state index in [9.17, 15) is 0 Å². The van der Waals surface area contributed by atoms with Crippen LogP contribution in [0.1, 0.15) is 5.56 Å². The number of nitrogen functional groups attached to an aromatic ring is 2. The van der Waals surface area contributed by atoms with E-state index in [0.29, 0.717) is 18.0 Å². The molecule has 1 heterocycles. The zero-order chi connectivity index (χ0) is 12.3. The van der Waals surface area contributed by atoms with Crippen LogP contribution in [0.15, 0.2) is 35.1 Å². The minimum absolute atomic E-state index is 0.590. The highest BCUT2D eigenvalue weighted by molar-refractivity contribution is 5.84. The SMILES string of the molecule is COCCc1cc(N)c(N)c(-c2ccoc2)c1. The van der Waals surface area contributed by atoms with Crippen LogP contribution in [-0.4, -0.2) is 13.7 Å². The first-order valence-electron chi connectivity index (χ1n) is 5.41. The first-order valence-corrected chi connectivity index (χ1v) is 5.41. The van der Waals surface area contributed by atoms with Gasteiger partial charge < -0.3 is 20.6 Å². The van der Waals surface area contributed by atoms with Gasteiger partial charge in [0.15, 0.2) is 0 Å². The highest BCUT2D eigenvalue weighted by Crippen LogP contribution is 2.32. The molecular weight excluding hydrogens is 216 g/mol. The van der Waals surface area contributed by atoms with E-state index < -0.39 is 0 Å². The maximum atomic E-state index is 5.97. The van der Waals surface area contributed by atoms with Gasteiger partial charge in [-0.3, -0.25) is 0 Å². The number of methoxy groups -OCH3 is 1. The summed E-state index contributed by atoms with van der Waals surface area (Å²) >= 11 is 0. The number of ether oxygens (including phenoxy) is 1. The summed E-state index contributed by atoms with van der Waals surface area (Å²) in [6, 6.07) is 5.78. The molecule has 4 N–H and O–H groups in total. The lowest BCUT2D eigenvalue weighted by Gasteiger charge is -2.10. The molecule has 0 radical (unpaired) electrons. The Morgan fingerprint density at radius 3 is 2.76 bits per heavy atom. The molecule has 2 rings (SSSR count). The third-order valence-corrected chi connectivity index (χ3v) is 2.70. The van der Waals surface area contributed by atoms with Crippen LogP contribution >= 0.6 is 0 Å². The second kappa shape index (κ2) is 4.93. The molecule has 0 unspecified atom stereocenters. The van der Waals surface area contributed by atoms with E-state index in [1.165, 1.54) is 0 Å². The van der Waals surface area contributed by atoms with Crippen LogP contribution in [0.3, 0.4) is 0 Å². The second-order valence-corrected chi connectivity index (χ2v) is 3.90. The maximum absolute atomic E-state index is 5.97. The quantitative estimate of drug-likeness (QED) is 0.793. The van der Waals surface area contributed by atoms with Gasteiger partial charge in [-0.05, 0) is 30.2 Å². The fourth-order valence-electron chi connectivity index (χ4n) is 1.76. The zero-order valence-corrected chi connectivity index (χ0v) is 9.77. The largest absolute Gasteiger partial charge is 0.472 e. The Morgan fingerprint density at radius 1 is 1.29 bits per heavy atom. The summed E-state index contributed by atoms with van der Waals surface area (Å²) in [4.78, 5) is 0. The van der Waals surface area contributed by atoms with Gasteiger partial charge in [0.05, 0.1) is 30.5 Å². The van der Waals surface area contributed by atoms with Crippen LogP contribution in [0, 0.1) is 0 Å². The van der Waals surface area contributed by atoms with E-state index in [0.717, 1.165) is 23.1 Å². The van der Waals surface area contributed by atoms with Crippen molar-refractivity contribution in [1.82, 2.24) is 0 Å². The molecule has 0 saturated carbocycles. The van der Waals surface area contributed by atoms with Gasteiger partial charge in [-0.1, -0.05) is 0 Å². The van der Waals surface area contributed by atoms with Crippen LogP contribution in [0.25, 0.3) is 11.1 Å². The minimum Gasteiger partial charge on any atom is -0.472 e. The highest BCUT2D eigenvalue weighted by Gasteiger charge is 2.09. The van der Waals surface area contributed by atoms with Gasteiger partial charge in [-0.25, -0.2) is 0 Å². The fraction of sp³-hybridized carbons (Fsp3) is 0.231. The summed E-state index contributed by atoms with van der Waals surface area (Å²) in [7, 11) is 1.68. The predicted molar refractivity (Wildman–Crippen MR) is 68.5 cm³/mol. The molecule has 4 nitrogen and oxygen atoms in total. The molecule has 0 bridgehead atoms. The normalized spacial score (nSPS) is 10.6. The summed E-state index contributed by atoms with van der Waals surface area (Å²) in [5, 5.41) is 0. The van der Waals surface area contributed by atoms with Crippen molar-refractivity contribution in [2.75, 3.05) is 25.2 Å². The standard InChI is InChI=1S/C13H16N2O2/c1-16-4-2-9-6-11(10-3-5-17-8-10)13(15)12(14)7-9/h3,5-8H,2,4,14-15H2,1H3. The molecule has 0 spiro atoms. The molecule has 1 aromatic heterocycles. The molecule has 0 aliphatic carbocycles. The minimum atomic E-state index is 0.590. The van der Waals surface area contributed by atoms with E-state index in [1.54, 1.807) is 19.6 Å². The smallest absolute Gasteiger partial charge is 0.0981 e. The molecule has 0 atom stereocenters. The molecule has 1 aromatic carbocycles. The second-order valence-electron chi connectivity index (χ2n) is 3.90. The van der Waals surface area contributed by atoms with E-state index in [1.807, 2.05) is 18.2 Å². The molecular formula is C13H16N2O2. The van der Waals surface area contributed by atoms with Crippen molar-refractivity contribution >= 4 is 11.4 Å². The molecule has 4 heteroatoms. The number of hydrogen-bond acceptors (Lipinski definition) is 4. The van der Waals surface area contributed by atoms with Crippen LogP contribution < -0.4 is 11.5 Å². The molecule has 0 aliphatic rings. The van der Waals surface area contributed by atoms with Crippen molar-refractivity contribution in [1.29, 1.82) is 0 Å². The van der Waals surface area contributed by atoms with Crippen LogP contribution in [0.4, 0.5) is 11.4 Å². The predicted octanol–water partition coefficient (Wildman–Crippen LogP) is 2.30. The van der Waals surface area contributed by atoms with E-state index in [4.69, 9.17) is 20.6 Å².